The molecule has 0 radical (unpaired) electrons. The number of aliphatic carboxylic acids is 1. The monoisotopic (exact) mass is 337 g/mol. The summed E-state index contributed by atoms with van der Waals surface area (Å²) in [4.78, 5) is 26.6. The highest BCUT2D eigenvalue weighted by molar-refractivity contribution is 7.80. The van der Waals surface area contributed by atoms with E-state index in [1.807, 2.05) is 18.2 Å². The molecule has 1 fully saturated rings. The highest BCUT2D eigenvalue weighted by atomic mass is 32.1. The first-order chi connectivity index (χ1) is 10.6. The zero-order valence-corrected chi connectivity index (χ0v) is 14.6. The van der Waals surface area contributed by atoms with Gasteiger partial charge in [0.2, 0.25) is 0 Å². The van der Waals surface area contributed by atoms with Gasteiger partial charge in [-0.1, -0.05) is 24.4 Å². The summed E-state index contributed by atoms with van der Waals surface area (Å²) < 4.78 is 5.40. The number of hydrogen-bond acceptors (Lipinski definition) is 4. The number of rotatable bonds is 3. The van der Waals surface area contributed by atoms with Crippen LogP contribution >= 0.6 is 12.2 Å². The normalized spacial score (nSPS) is 24.6. The SMILES string of the molecule is CC(C)(C)OC(=O)N1CCC[C@@]1(CC1=CC(=S)CC=C1)C(=O)O. The van der Waals surface area contributed by atoms with Crippen molar-refractivity contribution in [3.8, 4) is 0 Å². The van der Waals surface area contributed by atoms with E-state index in [9.17, 15) is 14.7 Å². The Kier molecular flexibility index (Phi) is 4.94. The van der Waals surface area contributed by atoms with Crippen LogP contribution in [0.5, 0.6) is 0 Å². The highest BCUT2D eigenvalue weighted by Crippen LogP contribution is 2.37. The maximum atomic E-state index is 12.5. The number of amides is 1. The summed E-state index contributed by atoms with van der Waals surface area (Å²) in [5, 5.41) is 9.84. The van der Waals surface area contributed by atoms with E-state index in [1.165, 1.54) is 4.90 Å². The van der Waals surface area contributed by atoms with Crippen LogP contribution in [0.2, 0.25) is 0 Å². The van der Waals surface area contributed by atoms with Gasteiger partial charge in [-0.15, -0.1) is 0 Å². The van der Waals surface area contributed by atoms with Crippen molar-refractivity contribution >= 4 is 29.1 Å². The van der Waals surface area contributed by atoms with Crippen LogP contribution < -0.4 is 0 Å². The standard InChI is InChI=1S/C17H23NO4S/c1-16(2,3)22-15(21)18-9-5-8-17(18,14(19)20)11-12-6-4-7-13(23)10-12/h4,6,10H,5,7-9,11H2,1-3H3,(H,19,20)/t17-/m1/s1. The molecule has 1 N–H and O–H groups in total. The van der Waals surface area contributed by atoms with Crippen LogP contribution in [0.1, 0.15) is 46.5 Å². The van der Waals surface area contributed by atoms with Crippen LogP contribution in [0.4, 0.5) is 4.79 Å². The number of carboxylic acid groups (broad SMARTS) is 1. The third kappa shape index (κ3) is 3.99. The molecule has 0 spiro atoms. The minimum absolute atomic E-state index is 0.248. The number of ether oxygens (including phenoxy) is 1. The molecule has 6 heteroatoms. The molecule has 1 amide bonds. The minimum atomic E-state index is -1.26. The number of carbonyl (C=O) groups excluding carboxylic acids is 1. The van der Waals surface area contributed by atoms with Crippen LogP contribution in [0.15, 0.2) is 23.8 Å². The Labute approximate surface area is 142 Å². The van der Waals surface area contributed by atoms with E-state index in [4.69, 9.17) is 17.0 Å². The van der Waals surface area contributed by atoms with Crippen molar-refractivity contribution in [3.05, 3.63) is 23.8 Å². The van der Waals surface area contributed by atoms with Gasteiger partial charge in [-0.05, 0) is 45.3 Å². The first-order valence-electron chi connectivity index (χ1n) is 7.78. The topological polar surface area (TPSA) is 66.8 Å². The smallest absolute Gasteiger partial charge is 0.411 e. The van der Waals surface area contributed by atoms with Crippen LogP contribution in [-0.4, -0.2) is 44.6 Å². The van der Waals surface area contributed by atoms with Gasteiger partial charge in [0.05, 0.1) is 0 Å². The molecular formula is C17H23NO4S. The fourth-order valence-electron chi connectivity index (χ4n) is 3.03. The van der Waals surface area contributed by atoms with Gasteiger partial charge in [-0.3, -0.25) is 4.90 Å². The third-order valence-electron chi connectivity index (χ3n) is 3.99. The molecule has 0 aromatic heterocycles. The third-order valence-corrected chi connectivity index (χ3v) is 4.28. The van der Waals surface area contributed by atoms with Gasteiger partial charge in [0.15, 0.2) is 0 Å². The van der Waals surface area contributed by atoms with Gasteiger partial charge < -0.3 is 9.84 Å². The molecule has 0 unspecified atom stereocenters. The molecule has 0 saturated carbocycles. The Hall–Kier alpha value is -1.69. The number of allylic oxidation sites excluding steroid dienone is 3. The zero-order chi connectivity index (χ0) is 17.3. The van der Waals surface area contributed by atoms with Gasteiger partial charge in [-0.25, -0.2) is 9.59 Å². The number of carboxylic acids is 1. The fraction of sp³-hybridized carbons (Fsp3) is 0.588. The second-order valence-electron chi connectivity index (χ2n) is 7.04. The molecule has 1 aliphatic heterocycles. The van der Waals surface area contributed by atoms with Gasteiger partial charge in [0.25, 0.3) is 0 Å². The minimum Gasteiger partial charge on any atom is -0.479 e. The molecule has 1 atom stereocenters. The summed E-state index contributed by atoms with van der Waals surface area (Å²) in [6.07, 6.45) is 7.11. The molecule has 126 valence electrons. The number of thiocarbonyl (C=S) groups is 1. The van der Waals surface area contributed by atoms with Gasteiger partial charge in [-0.2, -0.15) is 0 Å². The Morgan fingerprint density at radius 3 is 2.70 bits per heavy atom. The lowest BCUT2D eigenvalue weighted by molar-refractivity contribution is -0.149. The number of hydrogen-bond donors (Lipinski definition) is 1. The van der Waals surface area contributed by atoms with E-state index in [2.05, 4.69) is 0 Å². The summed E-state index contributed by atoms with van der Waals surface area (Å²) in [6.45, 7) is 5.71. The van der Waals surface area contributed by atoms with E-state index >= 15 is 0 Å². The lowest BCUT2D eigenvalue weighted by Gasteiger charge is -2.36. The second-order valence-corrected chi connectivity index (χ2v) is 7.57. The van der Waals surface area contributed by atoms with Crippen molar-refractivity contribution in [1.82, 2.24) is 4.90 Å². The predicted octanol–water partition coefficient (Wildman–Crippen LogP) is 3.49. The molecule has 0 aromatic carbocycles. The molecule has 5 nitrogen and oxygen atoms in total. The van der Waals surface area contributed by atoms with Crippen LogP contribution in [0, 0.1) is 0 Å². The zero-order valence-electron chi connectivity index (χ0n) is 13.8. The molecular weight excluding hydrogens is 314 g/mol. The molecule has 0 bridgehead atoms. The van der Waals surface area contributed by atoms with Crippen molar-refractivity contribution in [3.63, 3.8) is 0 Å². The average Bonchev–Trinajstić information content (AvgIpc) is 2.82. The van der Waals surface area contributed by atoms with Crippen LogP contribution in [-0.2, 0) is 9.53 Å². The fourth-order valence-corrected chi connectivity index (χ4v) is 3.28. The highest BCUT2D eigenvalue weighted by Gasteiger charge is 2.51. The van der Waals surface area contributed by atoms with Crippen molar-refractivity contribution in [2.75, 3.05) is 6.54 Å². The van der Waals surface area contributed by atoms with Crippen molar-refractivity contribution in [2.24, 2.45) is 0 Å². The molecule has 2 aliphatic rings. The van der Waals surface area contributed by atoms with Crippen molar-refractivity contribution in [2.45, 2.75) is 57.6 Å². The quantitative estimate of drug-likeness (QED) is 0.799. The van der Waals surface area contributed by atoms with E-state index < -0.39 is 23.2 Å². The first kappa shape index (κ1) is 17.7. The predicted molar refractivity (Wildman–Crippen MR) is 91.6 cm³/mol. The summed E-state index contributed by atoms with van der Waals surface area (Å²) in [5.74, 6) is -0.994. The van der Waals surface area contributed by atoms with Crippen LogP contribution in [0.25, 0.3) is 0 Å². The lowest BCUT2D eigenvalue weighted by Crippen LogP contribution is -2.54. The van der Waals surface area contributed by atoms with E-state index in [1.54, 1.807) is 20.8 Å². The largest absolute Gasteiger partial charge is 0.479 e. The molecule has 2 rings (SSSR count). The van der Waals surface area contributed by atoms with E-state index in [-0.39, 0.29) is 6.42 Å². The van der Waals surface area contributed by atoms with E-state index in [0.29, 0.717) is 25.8 Å². The summed E-state index contributed by atoms with van der Waals surface area (Å²) in [7, 11) is 0. The van der Waals surface area contributed by atoms with Gasteiger partial charge in [0, 0.05) is 24.3 Å². The van der Waals surface area contributed by atoms with Gasteiger partial charge in [0.1, 0.15) is 11.1 Å². The maximum Gasteiger partial charge on any atom is 0.411 e. The van der Waals surface area contributed by atoms with E-state index in [0.717, 1.165) is 10.4 Å². The lowest BCUT2D eigenvalue weighted by atomic mass is 9.86. The van der Waals surface area contributed by atoms with Crippen molar-refractivity contribution < 1.29 is 19.4 Å². The Balaban J connectivity index is 2.28. The number of carbonyl (C=O) groups is 2. The Morgan fingerprint density at radius 2 is 2.13 bits per heavy atom. The van der Waals surface area contributed by atoms with Crippen molar-refractivity contribution in [1.29, 1.82) is 0 Å². The first-order valence-corrected chi connectivity index (χ1v) is 8.19. The molecule has 1 aliphatic carbocycles. The summed E-state index contributed by atoms with van der Waals surface area (Å²) >= 11 is 5.20. The molecule has 0 aromatic rings. The summed E-state index contributed by atoms with van der Waals surface area (Å²) in [5.41, 5.74) is -1.07. The summed E-state index contributed by atoms with van der Waals surface area (Å²) in [6, 6.07) is 0. The maximum absolute atomic E-state index is 12.5. The molecule has 1 heterocycles. The average molecular weight is 337 g/mol. The van der Waals surface area contributed by atoms with Gasteiger partial charge >= 0.3 is 12.1 Å². The Morgan fingerprint density at radius 1 is 1.43 bits per heavy atom. The second kappa shape index (κ2) is 6.43. The number of likely N-dealkylation sites (tertiary alicyclic amines) is 1. The van der Waals surface area contributed by atoms with Crippen LogP contribution in [0.3, 0.4) is 0 Å². The molecule has 23 heavy (non-hydrogen) atoms. The number of nitrogens with zero attached hydrogens (tertiary/aromatic N) is 1. The Bertz CT molecular complexity index is 588. The molecule has 1 saturated heterocycles.